The molecule has 0 amide bonds. The number of nitrogens with zero attached hydrogens (tertiary/aromatic N) is 4. The van der Waals surface area contributed by atoms with Gasteiger partial charge in [0.15, 0.2) is 5.54 Å². The summed E-state index contributed by atoms with van der Waals surface area (Å²) < 4.78 is 1.13. The van der Waals surface area contributed by atoms with Crippen LogP contribution in [0.5, 0.6) is 0 Å². The largest absolute Gasteiger partial charge is 0.490 e. The normalized spacial score (nSPS) is 18.8. The molecule has 0 radical (unpaired) electrons. The van der Waals surface area contributed by atoms with Crippen molar-refractivity contribution in [3.63, 3.8) is 0 Å². The van der Waals surface area contributed by atoms with Crippen LogP contribution in [-0.2, 0) is 10.3 Å². The van der Waals surface area contributed by atoms with Gasteiger partial charge in [0.25, 0.3) is 0 Å². The molecule has 1 fully saturated rings. The molecule has 0 atom stereocenters. The van der Waals surface area contributed by atoms with Crippen LogP contribution in [0.1, 0.15) is 32.1 Å². The van der Waals surface area contributed by atoms with Crippen molar-refractivity contribution in [2.45, 2.75) is 37.6 Å². The van der Waals surface area contributed by atoms with Gasteiger partial charge in [-0.25, -0.2) is 4.79 Å². The molecule has 1 aromatic heterocycles. The Hall–Kier alpha value is -1.99. The third kappa shape index (κ3) is 1.85. The lowest BCUT2D eigenvalue weighted by Crippen LogP contribution is -2.44. The molecule has 0 saturated heterocycles. The van der Waals surface area contributed by atoms with Crippen molar-refractivity contribution in [2.75, 3.05) is 0 Å². The molecule has 1 heterocycles. The topological polar surface area (TPSA) is 111 Å². The van der Waals surface area contributed by atoms with Gasteiger partial charge in [0, 0.05) is 5.10 Å². The Morgan fingerprint density at radius 1 is 1.47 bits per heavy atom. The third-order valence-corrected chi connectivity index (χ3v) is 3.16. The Labute approximate surface area is 96.4 Å². The van der Waals surface area contributed by atoms with E-state index >= 15 is 0 Å². The fraction of sp³-hybridized carbons (Fsp3) is 0.667. The minimum absolute atomic E-state index is 0.433. The van der Waals surface area contributed by atoms with Gasteiger partial charge in [-0.05, 0) is 17.8 Å². The number of carboxylic acids is 1. The molecule has 0 aliphatic heterocycles. The molecule has 1 aliphatic carbocycles. The molecule has 1 saturated carbocycles. The molecule has 0 bridgehead atoms. The van der Waals surface area contributed by atoms with Crippen LogP contribution in [0.15, 0.2) is 6.33 Å². The van der Waals surface area contributed by atoms with Crippen LogP contribution in [0.2, 0.25) is 0 Å². The van der Waals surface area contributed by atoms with E-state index in [0.29, 0.717) is 12.8 Å². The van der Waals surface area contributed by atoms with Gasteiger partial charge < -0.3 is 15.2 Å². The maximum atomic E-state index is 11.4. The average Bonchev–Trinajstić information content (AvgIpc) is 2.79. The van der Waals surface area contributed by atoms with Crippen molar-refractivity contribution in [2.24, 2.45) is 0 Å². The van der Waals surface area contributed by atoms with Crippen molar-refractivity contribution in [3.8, 4) is 0 Å². The fourth-order valence-corrected chi connectivity index (χ4v) is 2.22. The highest BCUT2D eigenvalue weighted by Crippen LogP contribution is 2.34. The fourth-order valence-electron chi connectivity index (χ4n) is 2.22. The molecule has 2 rings (SSSR count). The summed E-state index contributed by atoms with van der Waals surface area (Å²) in [5.74, 6) is -1.56. The average molecular weight is 240 g/mol. The Kier molecular flexibility index (Phi) is 2.78. The molecular formula is C9H12N4O4. The molecule has 1 aliphatic rings. The van der Waals surface area contributed by atoms with Gasteiger partial charge in [-0.15, -0.1) is 0 Å². The number of carbonyl (C=O) groups is 1. The zero-order valence-corrected chi connectivity index (χ0v) is 9.07. The number of aromatic nitrogens is 3. The van der Waals surface area contributed by atoms with Gasteiger partial charge in [0.05, 0.1) is 0 Å². The Balaban J connectivity index is 2.38. The summed E-state index contributed by atoms with van der Waals surface area (Å²) in [6.45, 7) is 0. The van der Waals surface area contributed by atoms with Crippen molar-refractivity contribution in [3.05, 3.63) is 16.4 Å². The van der Waals surface area contributed by atoms with Gasteiger partial charge >= 0.3 is 11.9 Å². The highest BCUT2D eigenvalue weighted by Gasteiger charge is 2.45. The van der Waals surface area contributed by atoms with Crippen LogP contribution in [-0.4, -0.2) is 30.8 Å². The molecule has 92 valence electrons. The van der Waals surface area contributed by atoms with Gasteiger partial charge in [0.1, 0.15) is 0 Å². The van der Waals surface area contributed by atoms with E-state index in [1.165, 1.54) is 0 Å². The standard InChI is InChI=1S/C9H12N4O4/c14-7(15)9(4-2-1-3-5-9)12-6-10-8(11-12)13(16)17/h6H,1-5H2,(H,14,15). The molecule has 0 unspecified atom stereocenters. The minimum atomic E-state index is -1.17. The van der Waals surface area contributed by atoms with E-state index in [9.17, 15) is 20.0 Å². The monoisotopic (exact) mass is 240 g/mol. The van der Waals surface area contributed by atoms with Crippen LogP contribution >= 0.6 is 0 Å². The molecule has 8 heteroatoms. The predicted molar refractivity (Wildman–Crippen MR) is 55.4 cm³/mol. The Morgan fingerprint density at radius 2 is 2.12 bits per heavy atom. The van der Waals surface area contributed by atoms with Gasteiger partial charge in [-0.2, -0.15) is 4.68 Å². The van der Waals surface area contributed by atoms with E-state index in [4.69, 9.17) is 0 Å². The lowest BCUT2D eigenvalue weighted by atomic mass is 9.82. The first kappa shape index (κ1) is 11.5. The summed E-state index contributed by atoms with van der Waals surface area (Å²) in [6.07, 6.45) is 4.54. The van der Waals surface area contributed by atoms with Crippen molar-refractivity contribution >= 4 is 11.9 Å². The second kappa shape index (κ2) is 4.11. The smallest absolute Gasteiger partial charge is 0.479 e. The second-order valence-electron chi connectivity index (χ2n) is 4.14. The molecule has 8 nitrogen and oxygen atoms in total. The molecule has 0 aromatic carbocycles. The van der Waals surface area contributed by atoms with Crippen LogP contribution in [0.25, 0.3) is 0 Å². The van der Waals surface area contributed by atoms with Crippen molar-refractivity contribution in [1.82, 2.24) is 14.8 Å². The van der Waals surface area contributed by atoms with E-state index in [-0.39, 0.29) is 0 Å². The molecule has 1 aromatic rings. The number of hydrogen-bond donors (Lipinski definition) is 1. The molecular weight excluding hydrogens is 228 g/mol. The van der Waals surface area contributed by atoms with Crippen LogP contribution in [0.3, 0.4) is 0 Å². The summed E-state index contributed by atoms with van der Waals surface area (Å²) in [5.41, 5.74) is -1.17. The van der Waals surface area contributed by atoms with Crippen LogP contribution in [0, 0.1) is 10.1 Å². The van der Waals surface area contributed by atoms with Gasteiger partial charge in [0.2, 0.25) is 6.33 Å². The first-order valence-electron chi connectivity index (χ1n) is 5.36. The van der Waals surface area contributed by atoms with E-state index in [0.717, 1.165) is 30.3 Å². The van der Waals surface area contributed by atoms with Crippen molar-refractivity contribution < 1.29 is 14.8 Å². The van der Waals surface area contributed by atoms with E-state index in [2.05, 4.69) is 10.1 Å². The Morgan fingerprint density at radius 3 is 2.59 bits per heavy atom. The molecule has 1 N–H and O–H groups in total. The van der Waals surface area contributed by atoms with E-state index in [1.54, 1.807) is 0 Å². The van der Waals surface area contributed by atoms with E-state index < -0.39 is 22.4 Å². The zero-order chi connectivity index (χ0) is 12.5. The SMILES string of the molecule is O=C(O)C1(n2cnc([N+](=O)[O-])n2)CCCCC1. The Bertz CT molecular complexity index is 450. The quantitative estimate of drug-likeness (QED) is 0.621. The van der Waals surface area contributed by atoms with Gasteiger partial charge in [-0.3, -0.25) is 0 Å². The summed E-state index contributed by atoms with van der Waals surface area (Å²) in [5, 5.41) is 23.5. The number of rotatable bonds is 3. The van der Waals surface area contributed by atoms with Crippen molar-refractivity contribution in [1.29, 1.82) is 0 Å². The third-order valence-electron chi connectivity index (χ3n) is 3.16. The maximum absolute atomic E-state index is 11.4. The number of nitro groups is 1. The number of aliphatic carboxylic acids is 1. The lowest BCUT2D eigenvalue weighted by Gasteiger charge is -2.30. The molecule has 17 heavy (non-hydrogen) atoms. The summed E-state index contributed by atoms with van der Waals surface area (Å²) in [6, 6.07) is 0. The first-order chi connectivity index (χ1) is 8.06. The maximum Gasteiger partial charge on any atom is 0.490 e. The summed E-state index contributed by atoms with van der Waals surface area (Å²) >= 11 is 0. The first-order valence-corrected chi connectivity index (χ1v) is 5.36. The number of hydrogen-bond acceptors (Lipinski definition) is 5. The zero-order valence-electron chi connectivity index (χ0n) is 9.07. The van der Waals surface area contributed by atoms with Crippen LogP contribution in [0.4, 0.5) is 5.95 Å². The predicted octanol–water partition coefficient (Wildman–Crippen LogP) is 0.930. The minimum Gasteiger partial charge on any atom is -0.479 e. The van der Waals surface area contributed by atoms with Gasteiger partial charge in [-0.1, -0.05) is 24.2 Å². The summed E-state index contributed by atoms with van der Waals surface area (Å²) in [4.78, 5) is 24.7. The molecule has 0 spiro atoms. The second-order valence-corrected chi connectivity index (χ2v) is 4.14. The summed E-state index contributed by atoms with van der Waals surface area (Å²) in [7, 11) is 0. The highest BCUT2D eigenvalue weighted by atomic mass is 16.6. The van der Waals surface area contributed by atoms with E-state index in [1.807, 2.05) is 0 Å². The number of carboxylic acid groups (broad SMARTS) is 1. The lowest BCUT2D eigenvalue weighted by molar-refractivity contribution is -0.394. The van der Waals surface area contributed by atoms with Crippen LogP contribution < -0.4 is 0 Å². The highest BCUT2D eigenvalue weighted by molar-refractivity contribution is 5.76.